The number of carboxylic acids is 1. The number of aliphatic carboxylic acids is 1. The maximum atomic E-state index is 12.6. The van der Waals surface area contributed by atoms with E-state index in [4.69, 9.17) is 24.8 Å². The highest BCUT2D eigenvalue weighted by Crippen LogP contribution is 2.43. The fraction of sp³-hybridized carbons (Fsp3) is 0.674. The molecule has 58 heavy (non-hydrogen) atoms. The van der Waals surface area contributed by atoms with Crippen molar-refractivity contribution in [1.29, 1.82) is 0 Å². The van der Waals surface area contributed by atoms with Crippen molar-refractivity contribution in [3.05, 3.63) is 72.9 Å². The summed E-state index contributed by atoms with van der Waals surface area (Å²) in [5.41, 5.74) is 5.33. The third-order valence-corrected chi connectivity index (χ3v) is 9.89. The minimum atomic E-state index is -4.74. The van der Waals surface area contributed by atoms with E-state index in [1.807, 2.05) is 12.2 Å². The van der Waals surface area contributed by atoms with Crippen LogP contribution in [-0.4, -0.2) is 59.9 Å². The first-order chi connectivity index (χ1) is 28.1. The first-order valence-electron chi connectivity index (χ1n) is 22.0. The summed E-state index contributed by atoms with van der Waals surface area (Å²) in [6.45, 7) is 2.67. The summed E-state index contributed by atoms with van der Waals surface area (Å²) >= 11 is 0. The molecule has 0 bridgehead atoms. The van der Waals surface area contributed by atoms with Crippen molar-refractivity contribution in [1.82, 2.24) is 0 Å². The number of carboxylic acid groups (broad SMARTS) is 1. The molecule has 0 rings (SSSR count). The second-order valence-corrected chi connectivity index (χ2v) is 15.9. The number of unbranched alkanes of at least 4 members (excludes halogenated alkanes) is 14. The highest BCUT2D eigenvalue weighted by atomic mass is 31.2. The van der Waals surface area contributed by atoms with Gasteiger partial charge in [0.1, 0.15) is 12.6 Å². The van der Waals surface area contributed by atoms with Crippen molar-refractivity contribution in [2.45, 2.75) is 180 Å². The molecule has 1 unspecified atom stereocenters. The fourth-order valence-corrected chi connectivity index (χ4v) is 6.23. The molecular formula is C46H78NO10P. The number of hydrogen-bond donors (Lipinski definition) is 3. The second-order valence-electron chi connectivity index (χ2n) is 14.5. The van der Waals surface area contributed by atoms with Crippen LogP contribution in [0.4, 0.5) is 0 Å². The third kappa shape index (κ3) is 39.7. The molecule has 0 saturated carbocycles. The third-order valence-electron chi connectivity index (χ3n) is 8.94. The lowest BCUT2D eigenvalue weighted by atomic mass is 10.1. The quantitative estimate of drug-likeness (QED) is 0.0232. The van der Waals surface area contributed by atoms with Crippen molar-refractivity contribution >= 4 is 25.7 Å². The van der Waals surface area contributed by atoms with Gasteiger partial charge in [-0.3, -0.25) is 23.4 Å². The molecule has 3 atom stereocenters. The largest absolute Gasteiger partial charge is 0.480 e. The molecule has 0 fully saturated rings. The predicted molar refractivity (Wildman–Crippen MR) is 235 cm³/mol. The Labute approximate surface area is 350 Å². The van der Waals surface area contributed by atoms with E-state index in [0.29, 0.717) is 12.8 Å². The Morgan fingerprint density at radius 3 is 1.48 bits per heavy atom. The van der Waals surface area contributed by atoms with Gasteiger partial charge >= 0.3 is 25.7 Å². The number of esters is 2. The lowest BCUT2D eigenvalue weighted by molar-refractivity contribution is -0.161. The van der Waals surface area contributed by atoms with Crippen molar-refractivity contribution < 1.29 is 47.5 Å². The Bertz CT molecular complexity index is 1260. The molecule has 0 aromatic heterocycles. The van der Waals surface area contributed by atoms with Crippen LogP contribution in [0.2, 0.25) is 0 Å². The van der Waals surface area contributed by atoms with Crippen molar-refractivity contribution in [3.63, 3.8) is 0 Å². The minimum Gasteiger partial charge on any atom is -0.480 e. The Morgan fingerprint density at radius 1 is 0.534 bits per heavy atom. The lowest BCUT2D eigenvalue weighted by Gasteiger charge is -2.20. The number of nitrogens with two attached hydrogens (primary N) is 1. The smallest absolute Gasteiger partial charge is 0.472 e. The molecule has 0 spiro atoms. The molecule has 0 radical (unpaired) electrons. The number of phosphoric ester groups is 1. The molecule has 0 aromatic carbocycles. The topological polar surface area (TPSA) is 172 Å². The molecule has 0 amide bonds. The molecule has 0 aromatic rings. The average molecular weight is 836 g/mol. The summed E-state index contributed by atoms with van der Waals surface area (Å²) in [5, 5.41) is 8.89. The maximum Gasteiger partial charge on any atom is 0.472 e. The second kappa shape index (κ2) is 40.7. The molecule has 0 saturated heterocycles. The van der Waals surface area contributed by atoms with Crippen LogP contribution >= 0.6 is 7.82 Å². The first kappa shape index (κ1) is 54.9. The van der Waals surface area contributed by atoms with Gasteiger partial charge in [0.05, 0.1) is 13.2 Å². The van der Waals surface area contributed by atoms with Crippen LogP contribution in [0.15, 0.2) is 72.9 Å². The first-order valence-corrected chi connectivity index (χ1v) is 23.5. The van der Waals surface area contributed by atoms with Crippen molar-refractivity contribution in [2.75, 3.05) is 19.8 Å². The van der Waals surface area contributed by atoms with Gasteiger partial charge in [-0.1, -0.05) is 151 Å². The summed E-state index contributed by atoms with van der Waals surface area (Å²) in [6, 6.07) is -1.53. The van der Waals surface area contributed by atoms with Gasteiger partial charge in [-0.2, -0.15) is 0 Å². The van der Waals surface area contributed by atoms with E-state index in [1.165, 1.54) is 64.2 Å². The van der Waals surface area contributed by atoms with E-state index in [9.17, 15) is 23.8 Å². The molecule has 332 valence electrons. The average Bonchev–Trinajstić information content (AvgIpc) is 3.20. The predicted octanol–water partition coefficient (Wildman–Crippen LogP) is 11.7. The molecular weight excluding hydrogens is 757 g/mol. The van der Waals surface area contributed by atoms with Gasteiger partial charge in [0.2, 0.25) is 0 Å². The summed E-state index contributed by atoms with van der Waals surface area (Å²) in [6.07, 6.45) is 48.3. The van der Waals surface area contributed by atoms with Crippen molar-refractivity contribution in [2.24, 2.45) is 5.73 Å². The highest BCUT2D eigenvalue weighted by molar-refractivity contribution is 7.47. The van der Waals surface area contributed by atoms with Crippen LogP contribution in [0, 0.1) is 0 Å². The highest BCUT2D eigenvalue weighted by Gasteiger charge is 2.28. The zero-order valence-corrected chi connectivity index (χ0v) is 36.8. The summed E-state index contributed by atoms with van der Waals surface area (Å²) in [7, 11) is -4.74. The number of phosphoric acid groups is 1. The standard InChI is InChI=1S/C46H78NO10P/c1-3-5-7-9-11-13-15-17-19-20-21-22-24-25-27-29-31-33-35-37-44(48)54-39-42(40-55-58(52,53)56-41-43(47)46(50)51)57-45(49)38-36-34-32-30-28-26-23-18-16-14-12-10-8-6-4-2/h11,13,17-19,21-23,25,27,31,33,42-43H,3-10,12,14-16,20,24,26,28-30,32,34-41,47H2,1-2H3,(H,50,51)(H,52,53)/b13-11+,19-17+,22-21+,23-18+,27-25+,33-31+/t42-,43+/m1/s1. The summed E-state index contributed by atoms with van der Waals surface area (Å²) in [5.74, 6) is -2.50. The number of carbonyl (C=O) groups excluding carboxylic acids is 2. The Balaban J connectivity index is 4.50. The molecule has 11 nitrogen and oxygen atoms in total. The van der Waals surface area contributed by atoms with E-state index < -0.39 is 57.7 Å². The normalized spacial score (nSPS) is 14.4. The Morgan fingerprint density at radius 2 is 0.948 bits per heavy atom. The van der Waals surface area contributed by atoms with Crippen LogP contribution in [-0.2, 0) is 37.5 Å². The van der Waals surface area contributed by atoms with Crippen LogP contribution in [0.25, 0.3) is 0 Å². The Kier molecular flexibility index (Phi) is 38.5. The van der Waals surface area contributed by atoms with Crippen molar-refractivity contribution in [3.8, 4) is 0 Å². The van der Waals surface area contributed by atoms with E-state index in [-0.39, 0.29) is 12.8 Å². The summed E-state index contributed by atoms with van der Waals surface area (Å²) in [4.78, 5) is 45.9. The van der Waals surface area contributed by atoms with Crippen LogP contribution < -0.4 is 5.73 Å². The number of ether oxygens (including phenoxy) is 2. The fourth-order valence-electron chi connectivity index (χ4n) is 5.45. The zero-order chi connectivity index (χ0) is 42.8. The number of rotatable bonds is 40. The van der Waals surface area contributed by atoms with E-state index >= 15 is 0 Å². The van der Waals surface area contributed by atoms with Gasteiger partial charge in [0, 0.05) is 12.8 Å². The van der Waals surface area contributed by atoms with Gasteiger partial charge in [0.25, 0.3) is 0 Å². The molecule has 12 heteroatoms. The van der Waals surface area contributed by atoms with Gasteiger partial charge in [-0.15, -0.1) is 0 Å². The van der Waals surface area contributed by atoms with Gasteiger partial charge < -0.3 is 25.2 Å². The molecule has 0 aliphatic heterocycles. The van der Waals surface area contributed by atoms with E-state index in [0.717, 1.165) is 64.2 Å². The minimum absolute atomic E-state index is 0.0935. The van der Waals surface area contributed by atoms with Crippen LogP contribution in [0.3, 0.4) is 0 Å². The molecule has 4 N–H and O–H groups in total. The number of carbonyl (C=O) groups is 3. The number of hydrogen-bond acceptors (Lipinski definition) is 9. The van der Waals surface area contributed by atoms with Gasteiger partial charge in [0.15, 0.2) is 6.10 Å². The zero-order valence-electron chi connectivity index (χ0n) is 35.9. The Hall–Kier alpha value is -3.08. The van der Waals surface area contributed by atoms with Crippen LogP contribution in [0.5, 0.6) is 0 Å². The lowest BCUT2D eigenvalue weighted by Crippen LogP contribution is -2.34. The monoisotopic (exact) mass is 836 g/mol. The SMILES string of the molecule is CCCCC/C=C/C/C=C/C/C=C/C/C=C/C/C=C/CCC(=O)OC[C@H](COP(=O)(O)OC[C@H](N)C(=O)O)OC(=O)CCCCCCC/C=C/CCCCCCCC. The number of allylic oxidation sites excluding steroid dienone is 12. The molecule has 0 aliphatic rings. The van der Waals surface area contributed by atoms with E-state index in [1.54, 1.807) is 0 Å². The van der Waals surface area contributed by atoms with Gasteiger partial charge in [-0.05, 0) is 77.0 Å². The molecule has 0 aliphatic carbocycles. The van der Waals surface area contributed by atoms with Crippen LogP contribution in [0.1, 0.15) is 168 Å². The maximum absolute atomic E-state index is 12.6. The molecule has 0 heterocycles. The van der Waals surface area contributed by atoms with E-state index in [2.05, 4.69) is 79.1 Å². The summed E-state index contributed by atoms with van der Waals surface area (Å²) < 4.78 is 32.6. The van der Waals surface area contributed by atoms with Gasteiger partial charge in [-0.25, -0.2) is 4.57 Å².